The van der Waals surface area contributed by atoms with Crippen LogP contribution in [-0.4, -0.2) is 23.2 Å². The van der Waals surface area contributed by atoms with E-state index >= 15 is 0 Å². The van der Waals surface area contributed by atoms with E-state index in [2.05, 4.69) is 11.4 Å². The van der Waals surface area contributed by atoms with Crippen molar-refractivity contribution in [2.45, 2.75) is 76.4 Å². The number of fused-ring (bicyclic) bond motifs is 1. The van der Waals surface area contributed by atoms with Gasteiger partial charge >= 0.3 is 0 Å². The van der Waals surface area contributed by atoms with Crippen molar-refractivity contribution in [1.82, 2.24) is 5.32 Å². The lowest BCUT2D eigenvalue weighted by Crippen LogP contribution is -2.44. The number of thiophene rings is 1. The van der Waals surface area contributed by atoms with Crippen molar-refractivity contribution in [3.63, 3.8) is 0 Å². The van der Waals surface area contributed by atoms with Gasteiger partial charge in [-0.05, 0) is 50.2 Å². The Bertz CT molecular complexity index is 471. The molecule has 1 aromatic heterocycles. The molecule has 1 heterocycles. The Kier molecular flexibility index (Phi) is 4.96. The molecule has 2 atom stereocenters. The highest BCUT2D eigenvalue weighted by molar-refractivity contribution is 7.14. The van der Waals surface area contributed by atoms with Crippen LogP contribution in [0.2, 0.25) is 0 Å². The molecule has 1 saturated carbocycles. The summed E-state index contributed by atoms with van der Waals surface area (Å²) in [4.78, 5) is 14.7. The van der Waals surface area contributed by atoms with Crippen molar-refractivity contribution >= 4 is 17.2 Å². The minimum absolute atomic E-state index is 0.0118. The van der Waals surface area contributed by atoms with E-state index in [0.29, 0.717) is 0 Å². The molecule has 0 spiro atoms. The Hall–Kier alpha value is -0.870. The van der Waals surface area contributed by atoms with Gasteiger partial charge in [0.25, 0.3) is 5.91 Å². The highest BCUT2D eigenvalue weighted by Crippen LogP contribution is 2.29. The number of aliphatic hydroxyl groups excluding tert-OH is 1. The summed E-state index contributed by atoms with van der Waals surface area (Å²) in [6.45, 7) is 0. The summed E-state index contributed by atoms with van der Waals surface area (Å²) in [7, 11) is 0. The largest absolute Gasteiger partial charge is 0.391 e. The molecule has 1 aromatic rings. The molecule has 0 radical (unpaired) electrons. The number of amides is 1. The van der Waals surface area contributed by atoms with Crippen molar-refractivity contribution in [1.29, 1.82) is 0 Å². The van der Waals surface area contributed by atoms with Crippen LogP contribution in [0.4, 0.5) is 0 Å². The number of aryl methyl sites for hydroxylation is 2. The predicted molar refractivity (Wildman–Crippen MR) is 85.9 cm³/mol. The predicted octanol–water partition coefficient (Wildman–Crippen LogP) is 3.44. The zero-order valence-corrected chi connectivity index (χ0v) is 13.4. The van der Waals surface area contributed by atoms with Crippen LogP contribution in [0, 0.1) is 0 Å². The smallest absolute Gasteiger partial charge is 0.261 e. The molecule has 2 aliphatic rings. The first-order chi connectivity index (χ1) is 10.2. The molecule has 2 aliphatic carbocycles. The van der Waals surface area contributed by atoms with Crippen molar-refractivity contribution in [3.05, 3.63) is 21.4 Å². The molecule has 2 N–H and O–H groups in total. The molecule has 21 heavy (non-hydrogen) atoms. The average molecular weight is 307 g/mol. The summed E-state index contributed by atoms with van der Waals surface area (Å²) < 4.78 is 0. The molecule has 116 valence electrons. The zero-order chi connectivity index (χ0) is 14.7. The van der Waals surface area contributed by atoms with E-state index in [0.717, 1.165) is 43.4 Å². The van der Waals surface area contributed by atoms with E-state index in [1.807, 2.05) is 0 Å². The van der Waals surface area contributed by atoms with Crippen LogP contribution >= 0.6 is 11.3 Å². The molecule has 3 rings (SSSR count). The normalized spacial score (nSPS) is 26.5. The third kappa shape index (κ3) is 3.67. The molecule has 4 heteroatoms. The van der Waals surface area contributed by atoms with Crippen LogP contribution in [0.3, 0.4) is 0 Å². The number of hydrogen-bond acceptors (Lipinski definition) is 3. The fraction of sp³-hybridized carbons (Fsp3) is 0.706. The van der Waals surface area contributed by atoms with Gasteiger partial charge in [-0.25, -0.2) is 0 Å². The van der Waals surface area contributed by atoms with Crippen molar-refractivity contribution in [2.24, 2.45) is 0 Å². The standard InChI is InChI=1S/C17H25NO2S/c19-14-9-6-5-8-13(14)18-17(20)16-11-12-7-3-1-2-4-10-15(12)21-16/h11,13-14,19H,1-10H2,(H,18,20)/t13-,14-/m1/s1. The van der Waals surface area contributed by atoms with Gasteiger partial charge in [0.1, 0.15) is 0 Å². The van der Waals surface area contributed by atoms with Gasteiger partial charge in [0.2, 0.25) is 0 Å². The molecule has 3 nitrogen and oxygen atoms in total. The number of nitrogens with one attached hydrogen (secondary N) is 1. The van der Waals surface area contributed by atoms with Gasteiger partial charge < -0.3 is 10.4 Å². The monoisotopic (exact) mass is 307 g/mol. The summed E-state index contributed by atoms with van der Waals surface area (Å²) in [5, 5.41) is 13.0. The first kappa shape index (κ1) is 15.0. The molecular weight excluding hydrogens is 282 g/mol. The number of rotatable bonds is 2. The Morgan fingerprint density at radius 2 is 1.86 bits per heavy atom. The summed E-state index contributed by atoms with van der Waals surface area (Å²) >= 11 is 1.66. The molecule has 0 bridgehead atoms. The third-order valence-electron chi connectivity index (χ3n) is 4.77. The van der Waals surface area contributed by atoms with Crippen molar-refractivity contribution < 1.29 is 9.90 Å². The summed E-state index contributed by atoms with van der Waals surface area (Å²) in [5.74, 6) is 0.0118. The van der Waals surface area contributed by atoms with Gasteiger partial charge in [-0.1, -0.05) is 25.7 Å². The molecule has 1 amide bonds. The van der Waals surface area contributed by atoms with E-state index < -0.39 is 0 Å². The number of carbonyl (C=O) groups is 1. The minimum atomic E-state index is -0.372. The second-order valence-electron chi connectivity index (χ2n) is 6.41. The Morgan fingerprint density at radius 1 is 1.10 bits per heavy atom. The Morgan fingerprint density at radius 3 is 2.67 bits per heavy atom. The Balaban J connectivity index is 1.68. The van der Waals surface area contributed by atoms with Crippen LogP contribution < -0.4 is 5.32 Å². The van der Waals surface area contributed by atoms with Crippen LogP contribution in [0.15, 0.2) is 6.07 Å². The van der Waals surface area contributed by atoms with E-state index in [1.54, 1.807) is 11.3 Å². The number of aliphatic hydroxyl groups is 1. The van der Waals surface area contributed by atoms with E-state index in [1.165, 1.54) is 36.1 Å². The number of hydrogen-bond donors (Lipinski definition) is 2. The van der Waals surface area contributed by atoms with Crippen molar-refractivity contribution in [3.8, 4) is 0 Å². The molecule has 0 saturated heterocycles. The van der Waals surface area contributed by atoms with Crippen molar-refractivity contribution in [2.75, 3.05) is 0 Å². The van der Waals surface area contributed by atoms with Gasteiger partial charge in [0.05, 0.1) is 17.0 Å². The zero-order valence-electron chi connectivity index (χ0n) is 12.6. The number of carbonyl (C=O) groups excluding carboxylic acids is 1. The quantitative estimate of drug-likeness (QED) is 0.879. The molecule has 0 aliphatic heterocycles. The first-order valence-electron chi connectivity index (χ1n) is 8.34. The van der Waals surface area contributed by atoms with E-state index in [9.17, 15) is 9.90 Å². The van der Waals surface area contributed by atoms with Gasteiger partial charge in [-0.3, -0.25) is 4.79 Å². The maximum absolute atomic E-state index is 12.4. The highest BCUT2D eigenvalue weighted by Gasteiger charge is 2.26. The van der Waals surface area contributed by atoms with Gasteiger partial charge in [-0.2, -0.15) is 0 Å². The lowest BCUT2D eigenvalue weighted by atomic mass is 9.92. The van der Waals surface area contributed by atoms with Crippen LogP contribution in [0.1, 0.15) is 71.5 Å². The van der Waals surface area contributed by atoms with E-state index in [-0.39, 0.29) is 18.1 Å². The van der Waals surface area contributed by atoms with Gasteiger partial charge in [0, 0.05) is 4.88 Å². The average Bonchev–Trinajstić information content (AvgIpc) is 2.84. The molecular formula is C17H25NO2S. The lowest BCUT2D eigenvalue weighted by molar-refractivity contribution is 0.0720. The van der Waals surface area contributed by atoms with Gasteiger partial charge in [-0.15, -0.1) is 11.3 Å². The minimum Gasteiger partial charge on any atom is -0.391 e. The third-order valence-corrected chi connectivity index (χ3v) is 6.00. The lowest BCUT2D eigenvalue weighted by Gasteiger charge is -2.28. The second kappa shape index (κ2) is 6.93. The van der Waals surface area contributed by atoms with E-state index in [4.69, 9.17) is 0 Å². The molecule has 0 aromatic carbocycles. The molecule has 1 fully saturated rings. The molecule has 0 unspecified atom stereocenters. The topological polar surface area (TPSA) is 49.3 Å². The highest BCUT2D eigenvalue weighted by atomic mass is 32.1. The fourth-order valence-corrected chi connectivity index (χ4v) is 4.63. The second-order valence-corrected chi connectivity index (χ2v) is 7.54. The summed E-state index contributed by atoms with van der Waals surface area (Å²) in [5.41, 5.74) is 1.38. The first-order valence-corrected chi connectivity index (χ1v) is 9.16. The SMILES string of the molecule is O=C(N[C@@H]1CCCC[C@H]1O)c1cc2c(s1)CCCCCC2. The summed E-state index contributed by atoms with van der Waals surface area (Å²) in [6, 6.07) is 2.03. The van der Waals surface area contributed by atoms with Gasteiger partial charge in [0.15, 0.2) is 0 Å². The maximum Gasteiger partial charge on any atom is 0.261 e. The fourth-order valence-electron chi connectivity index (χ4n) is 3.48. The van der Waals surface area contributed by atoms with Crippen LogP contribution in [-0.2, 0) is 12.8 Å². The maximum atomic E-state index is 12.4. The van der Waals surface area contributed by atoms with Crippen LogP contribution in [0.5, 0.6) is 0 Å². The Labute approximate surface area is 130 Å². The summed E-state index contributed by atoms with van der Waals surface area (Å²) in [6.07, 6.45) is 10.9. The van der Waals surface area contributed by atoms with Crippen LogP contribution in [0.25, 0.3) is 0 Å².